The monoisotopic (exact) mass is 404 g/mol. The zero-order valence-electron chi connectivity index (χ0n) is 16.0. The van der Waals surface area contributed by atoms with E-state index in [0.29, 0.717) is 37.7 Å². The summed E-state index contributed by atoms with van der Waals surface area (Å²) in [4.78, 5) is 12.3. The first-order valence-electron chi connectivity index (χ1n) is 9.04. The highest BCUT2D eigenvalue weighted by molar-refractivity contribution is 7.89. The van der Waals surface area contributed by atoms with E-state index < -0.39 is 10.0 Å². The minimum Gasteiger partial charge on any atom is -0.483 e. The Morgan fingerprint density at radius 3 is 2.46 bits per heavy atom. The topological polar surface area (TPSA) is 84.9 Å². The Bertz CT molecular complexity index is 936. The van der Waals surface area contributed by atoms with Crippen molar-refractivity contribution >= 4 is 21.6 Å². The molecule has 0 aromatic heterocycles. The van der Waals surface area contributed by atoms with Gasteiger partial charge in [-0.05, 0) is 55.3 Å². The van der Waals surface area contributed by atoms with Gasteiger partial charge in [-0.15, -0.1) is 0 Å². The van der Waals surface area contributed by atoms with Gasteiger partial charge < -0.3 is 14.8 Å². The first kappa shape index (κ1) is 20.3. The summed E-state index contributed by atoms with van der Waals surface area (Å²) in [5.74, 6) is 0.354. The van der Waals surface area contributed by atoms with Gasteiger partial charge in [0, 0.05) is 18.8 Å². The Labute approximate surface area is 165 Å². The average molecular weight is 404 g/mol. The molecule has 1 heterocycles. The molecule has 1 saturated heterocycles. The van der Waals surface area contributed by atoms with E-state index in [1.807, 2.05) is 32.0 Å². The molecule has 2 aromatic carbocycles. The molecular formula is C20H24N2O5S. The summed E-state index contributed by atoms with van der Waals surface area (Å²) >= 11 is 0. The lowest BCUT2D eigenvalue weighted by atomic mass is 10.1. The standard InChI is InChI=1S/C20H24N2O5S/c1-15-3-4-16(2)19(13-15)27-14-20(23)21-17-5-7-18(8-6-17)28(24,25)22-9-11-26-12-10-22/h3-8,13H,9-12,14H2,1-2H3,(H,21,23). The van der Waals surface area contributed by atoms with Gasteiger partial charge in [-0.3, -0.25) is 4.79 Å². The summed E-state index contributed by atoms with van der Waals surface area (Å²) in [6.07, 6.45) is 0. The number of nitrogens with zero attached hydrogens (tertiary/aromatic N) is 1. The molecule has 1 amide bonds. The molecule has 0 aliphatic carbocycles. The van der Waals surface area contributed by atoms with Crippen molar-refractivity contribution in [2.75, 3.05) is 38.2 Å². The molecule has 28 heavy (non-hydrogen) atoms. The Balaban J connectivity index is 1.59. The van der Waals surface area contributed by atoms with E-state index in [9.17, 15) is 13.2 Å². The number of hydrogen-bond acceptors (Lipinski definition) is 5. The number of aryl methyl sites for hydroxylation is 2. The number of sulfonamides is 1. The molecule has 0 radical (unpaired) electrons. The van der Waals surface area contributed by atoms with Crippen molar-refractivity contribution in [1.29, 1.82) is 0 Å². The number of nitrogens with one attached hydrogen (secondary N) is 1. The van der Waals surface area contributed by atoms with Crippen molar-refractivity contribution < 1.29 is 22.7 Å². The third-order valence-electron chi connectivity index (χ3n) is 4.45. The predicted molar refractivity (Wildman–Crippen MR) is 106 cm³/mol. The summed E-state index contributed by atoms with van der Waals surface area (Å²) < 4.78 is 37.4. The third kappa shape index (κ3) is 4.89. The van der Waals surface area contributed by atoms with Gasteiger partial charge in [0.05, 0.1) is 18.1 Å². The molecule has 150 valence electrons. The van der Waals surface area contributed by atoms with E-state index >= 15 is 0 Å². The lowest BCUT2D eigenvalue weighted by Crippen LogP contribution is -2.40. The maximum atomic E-state index is 12.6. The fraction of sp³-hybridized carbons (Fsp3) is 0.350. The number of benzene rings is 2. The summed E-state index contributed by atoms with van der Waals surface area (Å²) in [6.45, 7) is 5.23. The minimum absolute atomic E-state index is 0.127. The number of hydrogen-bond donors (Lipinski definition) is 1. The Morgan fingerprint density at radius 1 is 1.11 bits per heavy atom. The second-order valence-electron chi connectivity index (χ2n) is 6.65. The van der Waals surface area contributed by atoms with Crippen LogP contribution in [-0.4, -0.2) is 51.5 Å². The van der Waals surface area contributed by atoms with Gasteiger partial charge in [-0.1, -0.05) is 12.1 Å². The molecule has 1 aliphatic heterocycles. The van der Waals surface area contributed by atoms with E-state index in [1.54, 1.807) is 12.1 Å². The maximum Gasteiger partial charge on any atom is 0.262 e. The van der Waals surface area contributed by atoms with Crippen LogP contribution < -0.4 is 10.1 Å². The summed E-state index contributed by atoms with van der Waals surface area (Å²) in [6, 6.07) is 11.9. The largest absolute Gasteiger partial charge is 0.483 e. The fourth-order valence-electron chi connectivity index (χ4n) is 2.85. The molecule has 7 nitrogen and oxygen atoms in total. The molecule has 1 N–H and O–H groups in total. The van der Waals surface area contributed by atoms with Crippen LogP contribution >= 0.6 is 0 Å². The molecule has 0 atom stereocenters. The van der Waals surface area contributed by atoms with Crippen molar-refractivity contribution in [2.45, 2.75) is 18.7 Å². The van der Waals surface area contributed by atoms with Crippen LogP contribution in [0.15, 0.2) is 47.4 Å². The van der Waals surface area contributed by atoms with E-state index in [2.05, 4.69) is 5.32 Å². The van der Waals surface area contributed by atoms with Crippen LogP contribution in [0.4, 0.5) is 5.69 Å². The summed E-state index contributed by atoms with van der Waals surface area (Å²) in [5, 5.41) is 2.71. The van der Waals surface area contributed by atoms with Crippen LogP contribution in [0.3, 0.4) is 0 Å². The van der Waals surface area contributed by atoms with Gasteiger partial charge in [0.1, 0.15) is 5.75 Å². The van der Waals surface area contributed by atoms with E-state index in [0.717, 1.165) is 11.1 Å². The highest BCUT2D eigenvalue weighted by atomic mass is 32.2. The maximum absolute atomic E-state index is 12.6. The van der Waals surface area contributed by atoms with Crippen molar-refractivity contribution in [3.8, 4) is 5.75 Å². The predicted octanol–water partition coefficient (Wildman–Crippen LogP) is 2.34. The Kier molecular flexibility index (Phi) is 6.33. The van der Waals surface area contributed by atoms with Gasteiger partial charge in [-0.2, -0.15) is 4.31 Å². The zero-order valence-corrected chi connectivity index (χ0v) is 16.8. The first-order valence-corrected chi connectivity index (χ1v) is 10.5. The van der Waals surface area contributed by atoms with Crippen molar-refractivity contribution in [3.63, 3.8) is 0 Å². The molecule has 1 fully saturated rings. The lowest BCUT2D eigenvalue weighted by Gasteiger charge is -2.26. The van der Waals surface area contributed by atoms with Crippen molar-refractivity contribution in [1.82, 2.24) is 4.31 Å². The van der Waals surface area contributed by atoms with Gasteiger partial charge in [0.2, 0.25) is 10.0 Å². The molecule has 8 heteroatoms. The van der Waals surface area contributed by atoms with Gasteiger partial charge in [0.15, 0.2) is 6.61 Å². The summed E-state index contributed by atoms with van der Waals surface area (Å²) in [5.41, 5.74) is 2.52. The van der Waals surface area contributed by atoms with E-state index in [1.165, 1.54) is 16.4 Å². The smallest absolute Gasteiger partial charge is 0.262 e. The number of amides is 1. The highest BCUT2D eigenvalue weighted by Crippen LogP contribution is 2.21. The second-order valence-corrected chi connectivity index (χ2v) is 8.58. The molecule has 0 unspecified atom stereocenters. The average Bonchev–Trinajstić information content (AvgIpc) is 2.70. The Morgan fingerprint density at radius 2 is 1.79 bits per heavy atom. The fourth-order valence-corrected chi connectivity index (χ4v) is 4.26. The number of carbonyl (C=O) groups excluding carboxylic acids is 1. The molecule has 0 saturated carbocycles. The van der Waals surface area contributed by atoms with Crippen LogP contribution in [0.25, 0.3) is 0 Å². The van der Waals surface area contributed by atoms with Crippen LogP contribution in [0.1, 0.15) is 11.1 Å². The number of rotatable bonds is 6. The van der Waals surface area contributed by atoms with Gasteiger partial charge in [0.25, 0.3) is 5.91 Å². The van der Waals surface area contributed by atoms with Crippen LogP contribution in [0.2, 0.25) is 0 Å². The molecular weight excluding hydrogens is 380 g/mol. The first-order chi connectivity index (χ1) is 13.4. The second kappa shape index (κ2) is 8.72. The van der Waals surface area contributed by atoms with Crippen molar-refractivity contribution in [2.24, 2.45) is 0 Å². The van der Waals surface area contributed by atoms with Crippen molar-refractivity contribution in [3.05, 3.63) is 53.6 Å². The molecule has 1 aliphatic rings. The van der Waals surface area contributed by atoms with Gasteiger partial charge in [-0.25, -0.2) is 8.42 Å². The lowest BCUT2D eigenvalue weighted by molar-refractivity contribution is -0.118. The SMILES string of the molecule is Cc1ccc(C)c(OCC(=O)Nc2ccc(S(=O)(=O)N3CCOCC3)cc2)c1. The normalized spacial score (nSPS) is 15.2. The number of carbonyl (C=O) groups is 1. The van der Waals surface area contributed by atoms with Crippen LogP contribution in [-0.2, 0) is 19.6 Å². The van der Waals surface area contributed by atoms with Crippen LogP contribution in [0.5, 0.6) is 5.75 Å². The number of anilines is 1. The quantitative estimate of drug-likeness (QED) is 0.799. The summed E-state index contributed by atoms with van der Waals surface area (Å²) in [7, 11) is -3.55. The number of ether oxygens (including phenoxy) is 2. The molecule has 0 spiro atoms. The highest BCUT2D eigenvalue weighted by Gasteiger charge is 2.26. The molecule has 2 aromatic rings. The molecule has 3 rings (SSSR count). The minimum atomic E-state index is -3.55. The molecule has 0 bridgehead atoms. The van der Waals surface area contributed by atoms with E-state index in [4.69, 9.17) is 9.47 Å². The van der Waals surface area contributed by atoms with Gasteiger partial charge >= 0.3 is 0 Å². The Hall–Kier alpha value is -2.42. The third-order valence-corrected chi connectivity index (χ3v) is 6.36. The van der Waals surface area contributed by atoms with E-state index in [-0.39, 0.29) is 17.4 Å². The number of morpholine rings is 1. The zero-order chi connectivity index (χ0) is 20.1. The van der Waals surface area contributed by atoms with Crippen LogP contribution in [0, 0.1) is 13.8 Å².